The zero-order chi connectivity index (χ0) is 11.5. The second kappa shape index (κ2) is 5.14. The molecule has 0 aliphatic carbocycles. The SMILES string of the molecule is CCOP(=O)(CC)OC1COS(O)(O)C1. The Kier molecular flexibility index (Phi) is 4.61. The first kappa shape index (κ1) is 13.4. The Morgan fingerprint density at radius 1 is 1.53 bits per heavy atom. The Balaban J connectivity index is 2.50. The molecule has 1 fully saturated rings. The van der Waals surface area contributed by atoms with Crippen LogP contribution in [0.3, 0.4) is 0 Å². The molecule has 8 heteroatoms. The summed E-state index contributed by atoms with van der Waals surface area (Å²) in [5.74, 6) is -0.0376. The molecular weight excluding hydrogens is 243 g/mol. The van der Waals surface area contributed by atoms with E-state index in [1.807, 2.05) is 0 Å². The second-order valence-electron chi connectivity index (χ2n) is 3.13. The summed E-state index contributed by atoms with van der Waals surface area (Å²) < 4.78 is 45.2. The van der Waals surface area contributed by atoms with Crippen LogP contribution in [0.5, 0.6) is 0 Å². The van der Waals surface area contributed by atoms with E-state index in [4.69, 9.17) is 13.2 Å². The highest BCUT2D eigenvalue weighted by Gasteiger charge is 2.37. The average molecular weight is 260 g/mol. The van der Waals surface area contributed by atoms with Crippen molar-refractivity contribution in [3.05, 3.63) is 0 Å². The molecule has 0 spiro atoms. The lowest BCUT2D eigenvalue weighted by atomic mass is 10.5. The van der Waals surface area contributed by atoms with E-state index in [-0.39, 0.29) is 18.5 Å². The van der Waals surface area contributed by atoms with Crippen molar-refractivity contribution < 1.29 is 26.9 Å². The van der Waals surface area contributed by atoms with Crippen LogP contribution in [0.15, 0.2) is 0 Å². The lowest BCUT2D eigenvalue weighted by Crippen LogP contribution is -2.16. The van der Waals surface area contributed by atoms with Gasteiger partial charge in [0.05, 0.1) is 29.8 Å². The summed E-state index contributed by atoms with van der Waals surface area (Å²) in [6, 6.07) is 0. The highest BCUT2D eigenvalue weighted by molar-refractivity contribution is 8.20. The van der Waals surface area contributed by atoms with Gasteiger partial charge in [-0.15, -0.1) is 0 Å². The molecule has 0 aromatic carbocycles. The van der Waals surface area contributed by atoms with Crippen LogP contribution in [0.25, 0.3) is 0 Å². The fraction of sp³-hybridized carbons (Fsp3) is 1.00. The summed E-state index contributed by atoms with van der Waals surface area (Å²) in [6.45, 7) is 3.77. The molecule has 2 unspecified atom stereocenters. The third-order valence-corrected chi connectivity index (χ3v) is 5.23. The lowest BCUT2D eigenvalue weighted by Gasteiger charge is -2.20. The van der Waals surface area contributed by atoms with E-state index in [0.717, 1.165) is 0 Å². The highest BCUT2D eigenvalue weighted by Crippen LogP contribution is 2.54. The molecule has 15 heavy (non-hydrogen) atoms. The largest absolute Gasteiger partial charge is 0.330 e. The summed E-state index contributed by atoms with van der Waals surface area (Å²) >= 11 is 0. The summed E-state index contributed by atoms with van der Waals surface area (Å²) in [4.78, 5) is 0. The maximum atomic E-state index is 11.9. The lowest BCUT2D eigenvalue weighted by molar-refractivity contribution is 0.138. The summed E-state index contributed by atoms with van der Waals surface area (Å²) in [7, 11) is -6.09. The molecular formula is C7H17O6PS. The predicted octanol–water partition coefficient (Wildman–Crippen LogP) is 2.32. The van der Waals surface area contributed by atoms with Crippen LogP contribution in [0.4, 0.5) is 0 Å². The van der Waals surface area contributed by atoms with Crippen molar-refractivity contribution in [3.8, 4) is 0 Å². The summed E-state index contributed by atoms with van der Waals surface area (Å²) in [6.07, 6.45) is -0.302. The molecule has 0 aromatic rings. The van der Waals surface area contributed by atoms with E-state index in [2.05, 4.69) is 0 Å². The van der Waals surface area contributed by atoms with E-state index in [0.29, 0.717) is 6.61 Å². The van der Waals surface area contributed by atoms with Crippen molar-refractivity contribution in [3.63, 3.8) is 0 Å². The van der Waals surface area contributed by atoms with Gasteiger partial charge in [0.1, 0.15) is 6.10 Å². The normalized spacial score (nSPS) is 31.1. The van der Waals surface area contributed by atoms with Crippen molar-refractivity contribution in [2.24, 2.45) is 0 Å². The Morgan fingerprint density at radius 2 is 2.20 bits per heavy atom. The quantitative estimate of drug-likeness (QED) is 0.738. The van der Waals surface area contributed by atoms with Crippen LogP contribution in [0.1, 0.15) is 13.8 Å². The second-order valence-corrected chi connectivity index (χ2v) is 7.24. The third-order valence-electron chi connectivity index (χ3n) is 1.87. The zero-order valence-electron chi connectivity index (χ0n) is 8.79. The van der Waals surface area contributed by atoms with E-state index in [1.165, 1.54) is 0 Å². The van der Waals surface area contributed by atoms with Gasteiger partial charge < -0.3 is 18.2 Å². The van der Waals surface area contributed by atoms with Gasteiger partial charge >= 0.3 is 7.60 Å². The van der Waals surface area contributed by atoms with Crippen molar-refractivity contribution in [1.29, 1.82) is 0 Å². The first-order chi connectivity index (χ1) is 6.91. The average Bonchev–Trinajstić information content (AvgIpc) is 2.46. The van der Waals surface area contributed by atoms with Gasteiger partial charge in [-0.1, -0.05) is 6.92 Å². The molecule has 0 radical (unpaired) electrons. The minimum atomic E-state index is -3.09. The van der Waals surface area contributed by atoms with Crippen LogP contribution in [0.2, 0.25) is 0 Å². The van der Waals surface area contributed by atoms with Gasteiger partial charge in [0.25, 0.3) is 0 Å². The van der Waals surface area contributed by atoms with Gasteiger partial charge in [-0.05, 0) is 6.92 Å². The molecule has 1 aliphatic rings. The fourth-order valence-electron chi connectivity index (χ4n) is 1.20. The Hall–Kier alpha value is 0.380. The van der Waals surface area contributed by atoms with Gasteiger partial charge in [-0.25, -0.2) is 0 Å². The van der Waals surface area contributed by atoms with E-state index >= 15 is 0 Å². The van der Waals surface area contributed by atoms with Crippen molar-refractivity contribution >= 4 is 18.5 Å². The van der Waals surface area contributed by atoms with Crippen molar-refractivity contribution in [2.75, 3.05) is 25.1 Å². The molecule has 1 saturated heterocycles. The molecule has 1 rings (SSSR count). The molecule has 0 saturated carbocycles. The molecule has 0 bridgehead atoms. The van der Waals surface area contributed by atoms with Gasteiger partial charge in [-0.2, -0.15) is 0 Å². The number of rotatable bonds is 5. The zero-order valence-corrected chi connectivity index (χ0v) is 10.5. The maximum Gasteiger partial charge on any atom is 0.330 e. The van der Waals surface area contributed by atoms with E-state index < -0.39 is 24.6 Å². The van der Waals surface area contributed by atoms with Gasteiger partial charge in [0, 0.05) is 6.16 Å². The van der Waals surface area contributed by atoms with Crippen LogP contribution in [-0.4, -0.2) is 40.3 Å². The summed E-state index contributed by atoms with van der Waals surface area (Å²) in [5.41, 5.74) is 0. The molecule has 92 valence electrons. The minimum Gasteiger partial charge on any atom is -0.309 e. The number of hydrogen-bond acceptors (Lipinski definition) is 6. The molecule has 0 amide bonds. The van der Waals surface area contributed by atoms with Crippen LogP contribution in [-0.2, 0) is 17.8 Å². The van der Waals surface area contributed by atoms with Gasteiger partial charge in [-0.3, -0.25) is 8.75 Å². The molecule has 0 aromatic heterocycles. The van der Waals surface area contributed by atoms with E-state index in [9.17, 15) is 13.7 Å². The molecule has 2 N–H and O–H groups in total. The number of hydrogen-bond donors (Lipinski definition) is 2. The predicted molar refractivity (Wildman–Crippen MR) is 58.3 cm³/mol. The first-order valence-electron chi connectivity index (χ1n) is 4.73. The Bertz CT molecular complexity index is 258. The van der Waals surface area contributed by atoms with Crippen LogP contribution < -0.4 is 0 Å². The fourth-order valence-corrected chi connectivity index (χ4v) is 3.80. The topological polar surface area (TPSA) is 85.2 Å². The molecule has 2 atom stereocenters. The molecule has 6 nitrogen and oxygen atoms in total. The maximum absolute atomic E-state index is 11.9. The minimum absolute atomic E-state index is 0.0376. The first-order valence-corrected chi connectivity index (χ1v) is 8.10. The highest BCUT2D eigenvalue weighted by atomic mass is 32.3. The van der Waals surface area contributed by atoms with Crippen molar-refractivity contribution in [1.82, 2.24) is 0 Å². The third kappa shape index (κ3) is 4.03. The van der Waals surface area contributed by atoms with Gasteiger partial charge in [0.15, 0.2) is 0 Å². The Labute approximate surface area is 91.0 Å². The van der Waals surface area contributed by atoms with Gasteiger partial charge in [0.2, 0.25) is 0 Å². The van der Waals surface area contributed by atoms with Crippen molar-refractivity contribution in [2.45, 2.75) is 20.0 Å². The smallest absolute Gasteiger partial charge is 0.309 e. The monoisotopic (exact) mass is 260 g/mol. The standard InChI is InChI=1S/C7H17O6PS/c1-3-11-14(8,4-2)13-7-5-12-15(9,10)6-7/h7,9-10H,3-6H2,1-2H3. The Morgan fingerprint density at radius 3 is 2.60 bits per heavy atom. The molecule has 1 heterocycles. The van der Waals surface area contributed by atoms with Crippen LogP contribution >= 0.6 is 18.5 Å². The summed E-state index contributed by atoms with van der Waals surface area (Å²) in [5, 5.41) is 0. The molecule has 1 aliphatic heterocycles. The van der Waals surface area contributed by atoms with Crippen LogP contribution in [0, 0.1) is 0 Å². The van der Waals surface area contributed by atoms with E-state index in [1.54, 1.807) is 13.8 Å².